The van der Waals surface area contributed by atoms with Gasteiger partial charge in [0.2, 0.25) is 0 Å². The Hall–Kier alpha value is -2.09. The summed E-state index contributed by atoms with van der Waals surface area (Å²) in [6, 6.07) is 9.71. The number of benzene rings is 1. The van der Waals surface area contributed by atoms with Crippen LogP contribution in [0.1, 0.15) is 12.0 Å². The Morgan fingerprint density at radius 1 is 1.33 bits per heavy atom. The van der Waals surface area contributed by atoms with E-state index >= 15 is 0 Å². The van der Waals surface area contributed by atoms with Gasteiger partial charge in [-0.15, -0.1) is 0 Å². The first kappa shape index (κ1) is 21.2. The molecule has 2 rings (SSSR count). The van der Waals surface area contributed by atoms with Crippen LogP contribution in [0, 0.1) is 0 Å². The van der Waals surface area contributed by atoms with Crippen molar-refractivity contribution >= 4 is 23.0 Å². The third kappa shape index (κ3) is 7.99. The van der Waals surface area contributed by atoms with Gasteiger partial charge in [-0.05, 0) is 12.0 Å². The van der Waals surface area contributed by atoms with Gasteiger partial charge in [-0.25, -0.2) is 4.79 Å². The molecule has 1 saturated heterocycles. The van der Waals surface area contributed by atoms with E-state index in [-0.39, 0.29) is 24.5 Å². The van der Waals surface area contributed by atoms with E-state index in [9.17, 15) is 14.7 Å². The second-order valence-corrected chi connectivity index (χ2v) is 7.19. The fourth-order valence-electron chi connectivity index (χ4n) is 2.70. The molecule has 1 aromatic rings. The van der Waals surface area contributed by atoms with E-state index in [1.165, 1.54) is 11.8 Å². The number of hydrogen-bond donors (Lipinski definition) is 2. The van der Waals surface area contributed by atoms with Crippen molar-refractivity contribution in [1.29, 1.82) is 0 Å². The van der Waals surface area contributed by atoms with Gasteiger partial charge in [0.1, 0.15) is 6.61 Å². The van der Waals surface area contributed by atoms with Crippen molar-refractivity contribution in [2.75, 3.05) is 25.5 Å². The second-order valence-electron chi connectivity index (χ2n) is 6.14. The first-order valence-electron chi connectivity index (χ1n) is 8.84. The van der Waals surface area contributed by atoms with Crippen molar-refractivity contribution in [3.63, 3.8) is 0 Å². The van der Waals surface area contributed by atoms with Crippen molar-refractivity contribution < 1.29 is 24.5 Å². The quantitative estimate of drug-likeness (QED) is 0.471. The summed E-state index contributed by atoms with van der Waals surface area (Å²) in [6.45, 7) is 0.275. The minimum atomic E-state index is -1.01. The lowest BCUT2D eigenvalue weighted by Gasteiger charge is -2.32. The Labute approximate surface area is 163 Å². The van der Waals surface area contributed by atoms with Crippen LogP contribution in [0.25, 0.3) is 0 Å². The highest BCUT2D eigenvalue weighted by molar-refractivity contribution is 8.13. The number of carboxylic acids is 1. The zero-order valence-corrected chi connectivity index (χ0v) is 15.9. The second kappa shape index (κ2) is 11.6. The Morgan fingerprint density at radius 3 is 2.85 bits per heavy atom. The van der Waals surface area contributed by atoms with E-state index in [1.54, 1.807) is 23.1 Å². The molecule has 1 fully saturated rings. The molecule has 0 aromatic heterocycles. The van der Waals surface area contributed by atoms with Gasteiger partial charge in [0.05, 0.1) is 18.8 Å². The molecule has 0 bridgehead atoms. The lowest BCUT2D eigenvalue weighted by molar-refractivity contribution is -0.141. The van der Waals surface area contributed by atoms with Gasteiger partial charge in [0.15, 0.2) is 0 Å². The Bertz CT molecular complexity index is 662. The van der Waals surface area contributed by atoms with Crippen LogP contribution in [0.2, 0.25) is 0 Å². The topological polar surface area (TPSA) is 87.1 Å². The Kier molecular flexibility index (Phi) is 9.10. The van der Waals surface area contributed by atoms with Gasteiger partial charge in [0.25, 0.3) is 5.24 Å². The maximum absolute atomic E-state index is 12.2. The van der Waals surface area contributed by atoms with E-state index in [4.69, 9.17) is 9.84 Å². The highest BCUT2D eigenvalue weighted by Gasteiger charge is 2.26. The first-order valence-corrected chi connectivity index (χ1v) is 9.83. The van der Waals surface area contributed by atoms with Crippen LogP contribution in [-0.4, -0.2) is 64.0 Å². The van der Waals surface area contributed by atoms with Crippen molar-refractivity contribution in [2.24, 2.45) is 0 Å². The van der Waals surface area contributed by atoms with Gasteiger partial charge < -0.3 is 19.8 Å². The molecule has 1 aromatic carbocycles. The fourth-order valence-corrected chi connectivity index (χ4v) is 3.61. The van der Waals surface area contributed by atoms with Crippen LogP contribution in [0.15, 0.2) is 54.6 Å². The van der Waals surface area contributed by atoms with Crippen LogP contribution in [0.4, 0.5) is 4.79 Å². The number of aliphatic hydroxyl groups is 1. The largest absolute Gasteiger partial charge is 0.480 e. The summed E-state index contributed by atoms with van der Waals surface area (Å²) in [4.78, 5) is 24.3. The highest BCUT2D eigenvalue weighted by atomic mass is 32.2. The molecule has 1 amide bonds. The molecule has 0 spiro atoms. The molecule has 6 nitrogen and oxygen atoms in total. The number of carbonyl (C=O) groups excluding carboxylic acids is 1. The number of aliphatic hydroxyl groups excluding tert-OH is 1. The lowest BCUT2D eigenvalue weighted by Crippen LogP contribution is -2.41. The zero-order valence-electron chi connectivity index (χ0n) is 15.1. The summed E-state index contributed by atoms with van der Waals surface area (Å²) >= 11 is 1.29. The lowest BCUT2D eigenvalue weighted by atomic mass is 10.1. The van der Waals surface area contributed by atoms with Crippen LogP contribution in [0.5, 0.6) is 0 Å². The number of carbonyl (C=O) groups is 2. The summed E-state index contributed by atoms with van der Waals surface area (Å²) in [5, 5.41) is 18.7. The zero-order chi connectivity index (χ0) is 19.5. The predicted octanol–water partition coefficient (Wildman–Crippen LogP) is 2.73. The molecule has 27 heavy (non-hydrogen) atoms. The van der Waals surface area contributed by atoms with Crippen molar-refractivity contribution in [1.82, 2.24) is 4.90 Å². The number of aliphatic carboxylic acids is 1. The smallest absolute Gasteiger partial charge is 0.329 e. The molecule has 2 N–H and O–H groups in total. The van der Waals surface area contributed by atoms with Crippen LogP contribution in [0.3, 0.4) is 0 Å². The van der Waals surface area contributed by atoms with Crippen LogP contribution in [-0.2, 0) is 16.0 Å². The Morgan fingerprint density at radius 2 is 2.11 bits per heavy atom. The molecular weight excluding hydrogens is 366 g/mol. The van der Waals surface area contributed by atoms with Crippen molar-refractivity contribution in [3.05, 3.63) is 60.2 Å². The van der Waals surface area contributed by atoms with E-state index in [1.807, 2.05) is 36.4 Å². The molecule has 1 aliphatic heterocycles. The average Bonchev–Trinajstić information content (AvgIpc) is 2.65. The van der Waals surface area contributed by atoms with Crippen LogP contribution >= 0.6 is 11.8 Å². The molecule has 2 atom stereocenters. The number of nitrogens with zero attached hydrogens (tertiary/aromatic N) is 1. The van der Waals surface area contributed by atoms with E-state index in [0.29, 0.717) is 13.0 Å². The molecule has 0 saturated carbocycles. The van der Waals surface area contributed by atoms with E-state index < -0.39 is 12.1 Å². The standard InChI is InChI=1S/C20H25NO5S/c22-18(14-16-6-2-1-3-7-16)9-8-17-10-13-27-20(25)21(17)11-4-5-12-26-15-19(23)24/h1-9,17-18,22H,10-15H2,(H,23,24)/t17-,18?/m0/s1. The van der Waals surface area contributed by atoms with Crippen molar-refractivity contribution in [3.8, 4) is 0 Å². The monoisotopic (exact) mass is 391 g/mol. The first-order chi connectivity index (χ1) is 13.1. The third-order valence-corrected chi connectivity index (χ3v) is 4.95. The minimum absolute atomic E-state index is 0.00422. The van der Waals surface area contributed by atoms with Gasteiger partial charge in [0, 0.05) is 18.7 Å². The molecule has 1 aliphatic rings. The molecule has 0 radical (unpaired) electrons. The third-order valence-electron chi connectivity index (χ3n) is 4.03. The number of amides is 1. The average molecular weight is 391 g/mol. The molecule has 7 heteroatoms. The maximum Gasteiger partial charge on any atom is 0.329 e. The SMILES string of the molecule is O=C(O)COCC=CCN1C(=O)SCC[C@@H]1C=CC(O)Cc1ccccc1. The minimum Gasteiger partial charge on any atom is -0.480 e. The molecule has 0 aliphatic carbocycles. The van der Waals surface area contributed by atoms with Gasteiger partial charge >= 0.3 is 5.97 Å². The van der Waals surface area contributed by atoms with Gasteiger partial charge in [-0.1, -0.05) is 66.4 Å². The number of ether oxygens (including phenoxy) is 1. The maximum atomic E-state index is 12.2. The number of hydrogen-bond acceptors (Lipinski definition) is 5. The molecule has 1 unspecified atom stereocenters. The number of carboxylic acid groups (broad SMARTS) is 1. The molecule has 146 valence electrons. The van der Waals surface area contributed by atoms with Crippen LogP contribution < -0.4 is 0 Å². The van der Waals surface area contributed by atoms with E-state index in [2.05, 4.69) is 0 Å². The normalized spacial score (nSPS) is 19.1. The summed E-state index contributed by atoms with van der Waals surface area (Å²) in [7, 11) is 0. The van der Waals surface area contributed by atoms with Gasteiger partial charge in [-0.2, -0.15) is 0 Å². The predicted molar refractivity (Wildman–Crippen MR) is 106 cm³/mol. The molecular formula is C20H25NO5S. The van der Waals surface area contributed by atoms with Gasteiger partial charge in [-0.3, -0.25) is 4.79 Å². The Balaban J connectivity index is 1.85. The van der Waals surface area contributed by atoms with E-state index in [0.717, 1.165) is 17.7 Å². The summed E-state index contributed by atoms with van der Waals surface area (Å²) < 4.78 is 4.93. The van der Waals surface area contributed by atoms with Crippen molar-refractivity contribution in [2.45, 2.75) is 25.0 Å². The number of thioether (sulfide) groups is 1. The number of rotatable bonds is 10. The summed E-state index contributed by atoms with van der Waals surface area (Å²) in [6.07, 6.45) is 7.93. The summed E-state index contributed by atoms with van der Waals surface area (Å²) in [5.74, 6) is -0.254. The summed E-state index contributed by atoms with van der Waals surface area (Å²) in [5.41, 5.74) is 1.06. The fraction of sp³-hybridized carbons (Fsp3) is 0.400. The highest BCUT2D eigenvalue weighted by Crippen LogP contribution is 2.23. The molecule has 1 heterocycles.